The Morgan fingerprint density at radius 3 is 2.74 bits per heavy atom. The first-order chi connectivity index (χ1) is 15.1. The fourth-order valence-electron chi connectivity index (χ4n) is 5.76. The van der Waals surface area contributed by atoms with E-state index in [4.69, 9.17) is 14.2 Å². The van der Waals surface area contributed by atoms with E-state index in [0.717, 1.165) is 62.7 Å². The van der Waals surface area contributed by atoms with Crippen molar-refractivity contribution < 1.29 is 23.8 Å². The van der Waals surface area contributed by atoms with Crippen LogP contribution in [0.1, 0.15) is 63.9 Å². The maximum absolute atomic E-state index is 13.6. The Morgan fingerprint density at radius 2 is 1.94 bits per heavy atom. The van der Waals surface area contributed by atoms with Gasteiger partial charge in [-0.25, -0.2) is 0 Å². The minimum Gasteiger partial charge on any atom is -0.454 e. The van der Waals surface area contributed by atoms with Crippen molar-refractivity contribution in [3.8, 4) is 11.5 Å². The zero-order valence-electron chi connectivity index (χ0n) is 18.2. The van der Waals surface area contributed by atoms with Crippen LogP contribution in [0.2, 0.25) is 0 Å². The van der Waals surface area contributed by atoms with E-state index in [-0.39, 0.29) is 31.1 Å². The van der Waals surface area contributed by atoms with E-state index in [2.05, 4.69) is 12.2 Å². The molecule has 31 heavy (non-hydrogen) atoms. The van der Waals surface area contributed by atoms with Crippen molar-refractivity contribution in [1.82, 2.24) is 10.2 Å². The summed E-state index contributed by atoms with van der Waals surface area (Å²) in [4.78, 5) is 28.7. The fraction of sp³-hybridized carbons (Fsp3) is 0.667. The maximum atomic E-state index is 13.6. The van der Waals surface area contributed by atoms with Crippen LogP contribution in [-0.2, 0) is 20.9 Å². The van der Waals surface area contributed by atoms with Gasteiger partial charge < -0.3 is 19.5 Å². The van der Waals surface area contributed by atoms with Crippen LogP contribution in [-0.4, -0.2) is 41.9 Å². The second-order valence-corrected chi connectivity index (χ2v) is 9.57. The summed E-state index contributed by atoms with van der Waals surface area (Å²) in [6, 6.07) is 5.11. The summed E-state index contributed by atoms with van der Waals surface area (Å²) >= 11 is 0. The smallest absolute Gasteiger partial charge is 0.245 e. The molecule has 168 valence electrons. The van der Waals surface area contributed by atoms with Gasteiger partial charge in [0.2, 0.25) is 18.6 Å². The number of carbonyl (C=O) groups excluding carboxylic acids is 2. The molecule has 3 fully saturated rings. The number of carbonyl (C=O) groups is 2. The van der Waals surface area contributed by atoms with Gasteiger partial charge in [-0.3, -0.25) is 14.5 Å². The highest BCUT2D eigenvalue weighted by Crippen LogP contribution is 2.44. The molecule has 1 aromatic carbocycles. The lowest BCUT2D eigenvalue weighted by Gasteiger charge is -2.44. The number of nitrogens with zero attached hydrogens (tertiary/aromatic N) is 1. The Kier molecular flexibility index (Phi) is 5.54. The van der Waals surface area contributed by atoms with Gasteiger partial charge in [-0.15, -0.1) is 0 Å². The summed E-state index contributed by atoms with van der Waals surface area (Å²) in [7, 11) is 0. The second-order valence-electron chi connectivity index (χ2n) is 9.57. The molecule has 7 heteroatoms. The molecule has 0 bridgehead atoms. The van der Waals surface area contributed by atoms with Crippen LogP contribution in [0.3, 0.4) is 0 Å². The molecule has 7 nitrogen and oxygen atoms in total. The third-order valence-corrected chi connectivity index (χ3v) is 7.34. The number of fused-ring (bicyclic) bond motifs is 1. The molecular formula is C24H32N2O5. The van der Waals surface area contributed by atoms with E-state index in [9.17, 15) is 9.59 Å². The lowest BCUT2D eigenvalue weighted by Crippen LogP contribution is -2.58. The van der Waals surface area contributed by atoms with Gasteiger partial charge in [-0.05, 0) is 55.7 Å². The van der Waals surface area contributed by atoms with E-state index in [0.29, 0.717) is 18.2 Å². The molecule has 1 spiro atoms. The molecule has 3 atom stereocenters. The summed E-state index contributed by atoms with van der Waals surface area (Å²) in [5.74, 6) is 1.92. The average Bonchev–Trinajstić information content (AvgIpc) is 3.51. The number of rotatable bonds is 4. The molecule has 1 N–H and O–H groups in total. The van der Waals surface area contributed by atoms with Crippen LogP contribution in [0.25, 0.3) is 0 Å². The highest BCUT2D eigenvalue weighted by Gasteiger charge is 2.54. The van der Waals surface area contributed by atoms with Crippen molar-refractivity contribution in [3.05, 3.63) is 23.8 Å². The molecule has 5 rings (SSSR count). The van der Waals surface area contributed by atoms with Crippen LogP contribution >= 0.6 is 0 Å². The molecule has 2 aliphatic carbocycles. The van der Waals surface area contributed by atoms with Gasteiger partial charge in [-0.1, -0.05) is 32.3 Å². The predicted octanol–water partition coefficient (Wildman–Crippen LogP) is 3.36. The lowest BCUT2D eigenvalue weighted by atomic mass is 9.82. The van der Waals surface area contributed by atoms with Crippen LogP contribution in [0, 0.1) is 11.8 Å². The minimum absolute atomic E-state index is 0.0277. The molecule has 1 aromatic rings. The highest BCUT2D eigenvalue weighted by molar-refractivity contribution is 5.89. The normalized spacial score (nSPS) is 30.2. The molecule has 2 aliphatic heterocycles. The second kappa shape index (κ2) is 8.34. The Labute approximate surface area is 183 Å². The number of hydrogen-bond acceptors (Lipinski definition) is 5. The largest absolute Gasteiger partial charge is 0.454 e. The number of hydrogen-bond donors (Lipinski definition) is 1. The van der Waals surface area contributed by atoms with Crippen LogP contribution in [0.15, 0.2) is 18.2 Å². The molecular weight excluding hydrogens is 396 g/mol. The molecule has 0 radical (unpaired) electrons. The maximum Gasteiger partial charge on any atom is 0.245 e. The van der Waals surface area contributed by atoms with E-state index in [1.54, 1.807) is 0 Å². The Morgan fingerprint density at radius 1 is 1.13 bits per heavy atom. The number of ether oxygens (including phenoxy) is 3. The lowest BCUT2D eigenvalue weighted by molar-refractivity contribution is -0.166. The quantitative estimate of drug-likeness (QED) is 0.796. The monoisotopic (exact) mass is 428 g/mol. The van der Waals surface area contributed by atoms with Gasteiger partial charge in [0.05, 0.1) is 6.61 Å². The first-order valence-corrected chi connectivity index (χ1v) is 11.7. The van der Waals surface area contributed by atoms with Crippen molar-refractivity contribution in [1.29, 1.82) is 0 Å². The highest BCUT2D eigenvalue weighted by atomic mass is 16.7. The van der Waals surface area contributed by atoms with Crippen molar-refractivity contribution in [2.24, 2.45) is 11.8 Å². The fourth-order valence-corrected chi connectivity index (χ4v) is 5.76. The summed E-state index contributed by atoms with van der Waals surface area (Å²) in [5, 5.41) is 3.03. The molecule has 2 amide bonds. The Balaban J connectivity index is 1.32. The van der Waals surface area contributed by atoms with Gasteiger partial charge in [-0.2, -0.15) is 0 Å². The van der Waals surface area contributed by atoms with Gasteiger partial charge in [0, 0.05) is 12.5 Å². The standard InChI is InChI=1S/C24H32N2O5/c1-16-5-4-10-24(12-16)26(23(28)18-6-2-3-7-18)19(14-31-24)22(27)25-13-17-8-9-20-21(11-17)30-15-29-20/h8-9,11,16,18-19H,2-7,10,12-15H2,1H3,(H,25,27)/t16-,19-,24-/m0/s1. The van der Waals surface area contributed by atoms with Crippen molar-refractivity contribution in [2.75, 3.05) is 13.4 Å². The third kappa shape index (κ3) is 3.88. The van der Waals surface area contributed by atoms with Crippen molar-refractivity contribution in [2.45, 2.75) is 76.6 Å². The Bertz CT molecular complexity index is 852. The SMILES string of the molecule is C[C@H]1CCC[C@@]2(C1)OC[C@@H](C(=O)NCc1ccc3c(c1)OCO3)N2C(=O)C1CCCC1. The first kappa shape index (κ1) is 20.6. The molecule has 2 saturated carbocycles. The zero-order valence-corrected chi connectivity index (χ0v) is 18.2. The topological polar surface area (TPSA) is 77.1 Å². The molecule has 0 unspecified atom stereocenters. The summed E-state index contributed by atoms with van der Waals surface area (Å²) < 4.78 is 17.1. The van der Waals surface area contributed by atoms with Gasteiger partial charge in [0.15, 0.2) is 11.5 Å². The van der Waals surface area contributed by atoms with E-state index < -0.39 is 11.8 Å². The molecule has 2 heterocycles. The average molecular weight is 429 g/mol. The van der Waals surface area contributed by atoms with E-state index in [1.807, 2.05) is 23.1 Å². The molecule has 4 aliphatic rings. The van der Waals surface area contributed by atoms with Crippen LogP contribution < -0.4 is 14.8 Å². The minimum atomic E-state index is -0.613. The molecule has 0 aromatic heterocycles. The zero-order chi connectivity index (χ0) is 21.4. The van der Waals surface area contributed by atoms with E-state index >= 15 is 0 Å². The number of amides is 2. The van der Waals surface area contributed by atoms with Crippen molar-refractivity contribution in [3.63, 3.8) is 0 Å². The number of benzene rings is 1. The summed E-state index contributed by atoms with van der Waals surface area (Å²) in [6.45, 7) is 3.10. The summed E-state index contributed by atoms with van der Waals surface area (Å²) in [6.07, 6.45) is 7.85. The Hall–Kier alpha value is -2.28. The third-order valence-electron chi connectivity index (χ3n) is 7.34. The predicted molar refractivity (Wildman–Crippen MR) is 113 cm³/mol. The van der Waals surface area contributed by atoms with Crippen LogP contribution in [0.5, 0.6) is 11.5 Å². The van der Waals surface area contributed by atoms with Gasteiger partial charge >= 0.3 is 0 Å². The summed E-state index contributed by atoms with van der Waals surface area (Å²) in [5.41, 5.74) is 0.323. The number of nitrogens with one attached hydrogen (secondary N) is 1. The van der Waals surface area contributed by atoms with Gasteiger partial charge in [0.1, 0.15) is 11.8 Å². The van der Waals surface area contributed by atoms with Gasteiger partial charge in [0.25, 0.3) is 0 Å². The van der Waals surface area contributed by atoms with Crippen LogP contribution in [0.4, 0.5) is 0 Å². The van der Waals surface area contributed by atoms with Crippen molar-refractivity contribution >= 4 is 11.8 Å². The first-order valence-electron chi connectivity index (χ1n) is 11.7. The van der Waals surface area contributed by atoms with E-state index in [1.165, 1.54) is 0 Å². The molecule has 1 saturated heterocycles.